The summed E-state index contributed by atoms with van der Waals surface area (Å²) in [6.45, 7) is 1.60. The van der Waals surface area contributed by atoms with Crippen molar-refractivity contribution in [1.82, 2.24) is 0 Å². The standard InChI is InChI=1S/C14H20O5S/c1-4-20(16,17)10-6-7-11(15)14-12(18-2)8-5-9-13(14)19-3/h5,8-9H,4,6-7,10H2,1-3H3. The molecule has 0 unspecified atom stereocenters. The van der Waals surface area contributed by atoms with Crippen LogP contribution in [0.4, 0.5) is 0 Å². The number of benzene rings is 1. The molecule has 112 valence electrons. The van der Waals surface area contributed by atoms with Crippen molar-refractivity contribution in [3.63, 3.8) is 0 Å². The van der Waals surface area contributed by atoms with Crippen LogP contribution in [0.15, 0.2) is 18.2 Å². The summed E-state index contributed by atoms with van der Waals surface area (Å²) in [5, 5.41) is 0. The topological polar surface area (TPSA) is 69.7 Å². The lowest BCUT2D eigenvalue weighted by Gasteiger charge is -2.11. The predicted molar refractivity (Wildman–Crippen MR) is 77.4 cm³/mol. The normalized spacial score (nSPS) is 11.2. The van der Waals surface area contributed by atoms with Gasteiger partial charge in [0.1, 0.15) is 26.9 Å². The van der Waals surface area contributed by atoms with Gasteiger partial charge < -0.3 is 9.47 Å². The Morgan fingerprint density at radius 3 is 2.15 bits per heavy atom. The third-order valence-electron chi connectivity index (χ3n) is 3.01. The first kappa shape index (κ1) is 16.5. The minimum Gasteiger partial charge on any atom is -0.496 e. The van der Waals surface area contributed by atoms with Crippen molar-refractivity contribution < 1.29 is 22.7 Å². The molecule has 1 aromatic carbocycles. The van der Waals surface area contributed by atoms with Crippen LogP contribution in [0.1, 0.15) is 30.1 Å². The van der Waals surface area contributed by atoms with Gasteiger partial charge in [0.05, 0.1) is 20.0 Å². The fraction of sp³-hybridized carbons (Fsp3) is 0.500. The second-order valence-corrected chi connectivity index (χ2v) is 6.77. The molecule has 0 atom stereocenters. The maximum absolute atomic E-state index is 12.2. The highest BCUT2D eigenvalue weighted by Gasteiger charge is 2.18. The Balaban J connectivity index is 2.82. The summed E-state index contributed by atoms with van der Waals surface area (Å²) in [6, 6.07) is 5.09. The molecule has 0 amide bonds. The van der Waals surface area contributed by atoms with E-state index >= 15 is 0 Å². The largest absolute Gasteiger partial charge is 0.496 e. The number of ketones is 1. The molecule has 1 aromatic rings. The fourth-order valence-corrected chi connectivity index (χ4v) is 2.72. The van der Waals surface area contributed by atoms with E-state index in [0.29, 0.717) is 23.5 Å². The van der Waals surface area contributed by atoms with Gasteiger partial charge in [-0.15, -0.1) is 0 Å². The maximum Gasteiger partial charge on any atom is 0.170 e. The molecule has 0 radical (unpaired) electrons. The van der Waals surface area contributed by atoms with E-state index in [1.165, 1.54) is 14.2 Å². The highest BCUT2D eigenvalue weighted by atomic mass is 32.2. The Bertz CT molecular complexity index is 541. The molecule has 0 bridgehead atoms. The van der Waals surface area contributed by atoms with E-state index in [9.17, 15) is 13.2 Å². The van der Waals surface area contributed by atoms with Gasteiger partial charge in [-0.3, -0.25) is 4.79 Å². The number of rotatable bonds is 8. The zero-order chi connectivity index (χ0) is 15.2. The summed E-state index contributed by atoms with van der Waals surface area (Å²) < 4.78 is 33.1. The minimum absolute atomic E-state index is 0.0205. The van der Waals surface area contributed by atoms with Crippen LogP contribution in [-0.4, -0.2) is 39.9 Å². The molecule has 0 saturated carbocycles. The molecule has 0 aliphatic heterocycles. The molecule has 5 nitrogen and oxygen atoms in total. The molecular weight excluding hydrogens is 280 g/mol. The number of hydrogen-bond acceptors (Lipinski definition) is 5. The smallest absolute Gasteiger partial charge is 0.170 e. The second-order valence-electron chi connectivity index (χ2n) is 4.30. The molecule has 0 aliphatic rings. The van der Waals surface area contributed by atoms with E-state index in [0.717, 1.165) is 0 Å². The van der Waals surface area contributed by atoms with Crippen LogP contribution >= 0.6 is 0 Å². The molecule has 0 heterocycles. The lowest BCUT2D eigenvalue weighted by atomic mass is 10.0. The van der Waals surface area contributed by atoms with E-state index in [2.05, 4.69) is 0 Å². The van der Waals surface area contributed by atoms with Gasteiger partial charge in [-0.1, -0.05) is 13.0 Å². The van der Waals surface area contributed by atoms with Crippen LogP contribution in [-0.2, 0) is 9.84 Å². The summed E-state index contributed by atoms with van der Waals surface area (Å²) in [5.74, 6) is 0.817. The highest BCUT2D eigenvalue weighted by molar-refractivity contribution is 7.91. The number of carbonyl (C=O) groups excluding carboxylic acids is 1. The Kier molecular flexibility index (Phi) is 6.01. The number of hydrogen-bond donors (Lipinski definition) is 0. The monoisotopic (exact) mass is 300 g/mol. The summed E-state index contributed by atoms with van der Waals surface area (Å²) in [5.41, 5.74) is 0.367. The second kappa shape index (κ2) is 7.28. The number of Topliss-reactive ketones (excluding diaryl/α,β-unsaturated/α-hetero) is 1. The molecule has 20 heavy (non-hydrogen) atoms. The van der Waals surface area contributed by atoms with Gasteiger partial charge in [0, 0.05) is 12.2 Å². The quantitative estimate of drug-likeness (QED) is 0.688. The van der Waals surface area contributed by atoms with Crippen LogP contribution in [0.25, 0.3) is 0 Å². The summed E-state index contributed by atoms with van der Waals surface area (Å²) >= 11 is 0. The van der Waals surface area contributed by atoms with E-state index < -0.39 is 9.84 Å². The maximum atomic E-state index is 12.2. The van der Waals surface area contributed by atoms with E-state index in [1.807, 2.05) is 0 Å². The number of carbonyl (C=O) groups is 1. The van der Waals surface area contributed by atoms with Gasteiger partial charge in [-0.2, -0.15) is 0 Å². The first-order chi connectivity index (χ1) is 9.45. The number of ether oxygens (including phenoxy) is 2. The van der Waals surface area contributed by atoms with Crippen molar-refractivity contribution in [3.05, 3.63) is 23.8 Å². The lowest BCUT2D eigenvalue weighted by Crippen LogP contribution is -2.11. The van der Waals surface area contributed by atoms with Gasteiger partial charge in [0.15, 0.2) is 5.78 Å². The van der Waals surface area contributed by atoms with Gasteiger partial charge in [-0.05, 0) is 18.6 Å². The van der Waals surface area contributed by atoms with Crippen molar-refractivity contribution in [2.75, 3.05) is 25.7 Å². The molecule has 1 rings (SSSR count). The summed E-state index contributed by atoms with van der Waals surface area (Å²) in [4.78, 5) is 12.2. The highest BCUT2D eigenvalue weighted by Crippen LogP contribution is 2.29. The van der Waals surface area contributed by atoms with Gasteiger partial charge >= 0.3 is 0 Å². The van der Waals surface area contributed by atoms with Crippen LogP contribution in [0.5, 0.6) is 11.5 Å². The van der Waals surface area contributed by atoms with Crippen molar-refractivity contribution in [2.45, 2.75) is 19.8 Å². The minimum atomic E-state index is -3.04. The molecule has 0 fully saturated rings. The molecule has 0 aromatic heterocycles. The molecule has 0 saturated heterocycles. The van der Waals surface area contributed by atoms with Crippen molar-refractivity contribution in [3.8, 4) is 11.5 Å². The SMILES string of the molecule is CCS(=O)(=O)CCCC(=O)c1c(OC)cccc1OC. The van der Waals surface area contributed by atoms with E-state index in [4.69, 9.17) is 9.47 Å². The zero-order valence-corrected chi connectivity index (χ0v) is 12.8. The summed E-state index contributed by atoms with van der Waals surface area (Å²) in [6.07, 6.45) is 0.451. The van der Waals surface area contributed by atoms with Crippen molar-refractivity contribution in [1.29, 1.82) is 0 Å². The Hall–Kier alpha value is -1.56. The number of methoxy groups -OCH3 is 2. The van der Waals surface area contributed by atoms with Gasteiger partial charge in [-0.25, -0.2) is 8.42 Å². The molecule has 0 N–H and O–H groups in total. The van der Waals surface area contributed by atoms with E-state index in [-0.39, 0.29) is 23.7 Å². The average molecular weight is 300 g/mol. The third kappa shape index (κ3) is 4.23. The van der Waals surface area contributed by atoms with Crippen LogP contribution in [0, 0.1) is 0 Å². The lowest BCUT2D eigenvalue weighted by molar-refractivity contribution is 0.0976. The van der Waals surface area contributed by atoms with Crippen LogP contribution < -0.4 is 9.47 Å². The summed E-state index contributed by atoms with van der Waals surface area (Å²) in [7, 11) is -0.0849. The Morgan fingerprint density at radius 2 is 1.70 bits per heavy atom. The van der Waals surface area contributed by atoms with E-state index in [1.54, 1.807) is 25.1 Å². The number of sulfone groups is 1. The third-order valence-corrected chi connectivity index (χ3v) is 4.80. The van der Waals surface area contributed by atoms with Crippen molar-refractivity contribution in [2.24, 2.45) is 0 Å². The van der Waals surface area contributed by atoms with Gasteiger partial charge in [0.2, 0.25) is 0 Å². The Morgan fingerprint density at radius 1 is 1.15 bits per heavy atom. The Labute approximate surface area is 119 Å². The molecule has 0 spiro atoms. The van der Waals surface area contributed by atoms with Crippen LogP contribution in [0.2, 0.25) is 0 Å². The average Bonchev–Trinajstić information content (AvgIpc) is 2.45. The first-order valence-electron chi connectivity index (χ1n) is 6.39. The van der Waals surface area contributed by atoms with Crippen molar-refractivity contribution >= 4 is 15.6 Å². The molecule has 6 heteroatoms. The van der Waals surface area contributed by atoms with Crippen LogP contribution in [0.3, 0.4) is 0 Å². The predicted octanol–water partition coefficient (Wildman–Crippen LogP) is 2.10. The van der Waals surface area contributed by atoms with Gasteiger partial charge in [0.25, 0.3) is 0 Å². The zero-order valence-electron chi connectivity index (χ0n) is 12.0. The first-order valence-corrected chi connectivity index (χ1v) is 8.22. The molecular formula is C14H20O5S. The fourth-order valence-electron chi connectivity index (χ4n) is 1.85. The molecule has 0 aliphatic carbocycles.